The van der Waals surface area contributed by atoms with E-state index in [1.54, 1.807) is 0 Å². The summed E-state index contributed by atoms with van der Waals surface area (Å²) >= 11 is 0. The van der Waals surface area contributed by atoms with Gasteiger partial charge in [0.25, 0.3) is 0 Å². The zero-order valence-corrected chi connectivity index (χ0v) is 178. The third-order valence-corrected chi connectivity index (χ3v) is 0. The van der Waals surface area contributed by atoms with Crippen LogP contribution in [0.3, 0.4) is 0 Å². The molecule has 0 heterocycles. The van der Waals surface area contributed by atoms with E-state index in [-0.39, 0.29) is 0 Å². The SMILES string of the molecule is [Rf].[Rf].[Rf].[Rf].[Rf].[Rf].[Rf].[Rf].[Rf].[Rf].[Rf].[Rf].[Rf].[Rf].[Rf].[Rf].[Rf].[Rf].[Rf].[Rf].[Rf].[Rf].[Rf].[Rf].[Rf]. The van der Waals surface area contributed by atoms with Gasteiger partial charge in [0.1, 0.15) is 0 Å². The first-order valence-corrected chi connectivity index (χ1v) is 0. The predicted octanol–water partition coefficient (Wildman–Crippen LogP) is 0. The van der Waals surface area contributed by atoms with Crippen molar-refractivity contribution in [1.29, 1.82) is 0 Å². The molecule has 0 aliphatic rings. The fraction of sp³-hybridized carbons (Fsp3) is 0. The largest absolute Gasteiger partial charge is 0 e. The van der Waals surface area contributed by atoms with Gasteiger partial charge in [0, 0.05) is 0 Å². The van der Waals surface area contributed by atoms with Crippen molar-refractivity contribution in [1.82, 2.24) is 0 Å². The van der Waals surface area contributed by atoms with Crippen molar-refractivity contribution in [3.63, 3.8) is 0 Å². The van der Waals surface area contributed by atoms with Crippen LogP contribution in [0.2, 0.25) is 0 Å². The van der Waals surface area contributed by atoms with Gasteiger partial charge < -0.3 is 0 Å². The smallest absolute Gasteiger partial charge is 0 e. The molecule has 0 aromatic carbocycles. The number of rotatable bonds is 0. The van der Waals surface area contributed by atoms with Crippen molar-refractivity contribution in [2.45, 2.75) is 0 Å². The van der Waals surface area contributed by atoms with E-state index in [4.69, 9.17) is 0 Å². The molecule has 0 radical (unpaired) electrons. The summed E-state index contributed by atoms with van der Waals surface area (Å²) < 4.78 is 0. The van der Waals surface area contributed by atoms with Gasteiger partial charge in [0.15, 0.2) is 0 Å². The average molecular weight is 6680 g/mol. The summed E-state index contributed by atoms with van der Waals surface area (Å²) in [5.41, 5.74) is 0. The van der Waals surface area contributed by atoms with Gasteiger partial charge in [0.2, 0.25) is 0 Å². The molecule has 0 amide bonds. The van der Waals surface area contributed by atoms with E-state index in [1.165, 1.54) is 0 Å². The molecule has 0 bridgehead atoms. The van der Waals surface area contributed by atoms with E-state index in [2.05, 4.69) is 0 Å². The van der Waals surface area contributed by atoms with E-state index < -0.39 is 0 Å². The minimum Gasteiger partial charge on any atom is 0 e. The van der Waals surface area contributed by atoms with Gasteiger partial charge in [-0.05, 0) is 0 Å². The van der Waals surface area contributed by atoms with E-state index in [9.17, 15) is 0 Å². The van der Waals surface area contributed by atoms with Crippen molar-refractivity contribution in [2.75, 3.05) is 0 Å². The van der Waals surface area contributed by atoms with Gasteiger partial charge in [-0.25, -0.2) is 0 Å². The third-order valence-electron chi connectivity index (χ3n) is 0. The summed E-state index contributed by atoms with van der Waals surface area (Å²) in [4.78, 5) is 0. The normalized spacial score (nSPS) is 0. The molecule has 50 valence electrons. The Morgan fingerprint density at radius 1 is 0.0400 bits per heavy atom. The molecular formula is Rf25. The quantitative estimate of drug-likeness (QED) is 0.321. The minimum absolute atomic E-state index is 0. The third kappa shape index (κ3) is -0.0144. The first-order chi connectivity index (χ1) is 0. The van der Waals surface area contributed by atoms with Crippen LogP contribution in [0, 0.1) is 0 Å². The molecule has 0 aromatic heterocycles. The van der Waals surface area contributed by atoms with Crippen LogP contribution in [0.25, 0.3) is 0 Å². The summed E-state index contributed by atoms with van der Waals surface area (Å²) in [5, 5.41) is 0. The Morgan fingerprint density at radius 3 is 0.0400 bits per heavy atom. The summed E-state index contributed by atoms with van der Waals surface area (Å²) in [6, 6.07) is 0. The van der Waals surface area contributed by atoms with Crippen LogP contribution >= 0.6 is 0 Å². The molecule has 0 saturated carbocycles. The van der Waals surface area contributed by atoms with Crippen LogP contribution in [0.5, 0.6) is 0 Å². The zero-order chi connectivity index (χ0) is 0. The molecule has 25 heavy (non-hydrogen) atoms. The Labute approximate surface area is 0 Å². The van der Waals surface area contributed by atoms with Gasteiger partial charge >= 0.3 is 0 Å². The maximum atomic E-state index is 0. The van der Waals surface area contributed by atoms with Gasteiger partial charge in [0.05, 0.1) is 0 Å². The summed E-state index contributed by atoms with van der Waals surface area (Å²) in [6.45, 7) is 0. The first kappa shape index (κ1) is 0. The van der Waals surface area contributed by atoms with Crippen molar-refractivity contribution >= 4 is 0 Å². The molecule has 0 N–H and O–H groups in total. The zero-order valence-electron chi connectivity index (χ0n) is 17.7. The predicted molar refractivity (Wildman–Crippen MR) is 0 cm³/mol. The summed E-state index contributed by atoms with van der Waals surface area (Å²) in [5.74, 6) is 0. The Morgan fingerprint density at radius 2 is 0.0400 bits per heavy atom. The topological polar surface area (TPSA) is 0 Å². The Bertz CT molecular complexity index is 0. The van der Waals surface area contributed by atoms with E-state index in [0.717, 1.165) is 0 Å². The molecule has 0 atom stereocenters. The monoisotopic (exact) mass is 6680 g/mol. The maximum Gasteiger partial charge on any atom is 0 e. The first-order valence-electron chi connectivity index (χ1n) is 0. The Balaban J connectivity index is 0. The molecule has 25 heteroatoms. The summed E-state index contributed by atoms with van der Waals surface area (Å²) in [6.07, 6.45) is 0. The molecule has 0 rings (SSSR count). The Hall–Kier alpha value is -25.0. The molecule has 0 aliphatic carbocycles. The fourth-order valence-electron chi connectivity index (χ4n) is 0. The molecule has 0 fully saturated rings. The van der Waals surface area contributed by atoms with Crippen LogP contribution < -0.4 is 0 Å². The van der Waals surface area contributed by atoms with Crippen LogP contribution in [-0.4, -0.2) is 0 Å². The number of hydrogen-bond acceptors (Lipinski definition) is 0. The molecule has 0 unspecified atom stereocenters. The molecular weight excluding hydrogens is 6680 g/mol. The maximum absolute atomic E-state index is 0. The standard InChI is InChI=1S/25Rf. The van der Waals surface area contributed by atoms with Crippen LogP contribution in [0.1, 0.15) is 0 Å². The second-order valence-corrected chi connectivity index (χ2v) is 0. The van der Waals surface area contributed by atoms with Gasteiger partial charge in [-0.15, -0.1) is 0 Å². The van der Waals surface area contributed by atoms with Crippen molar-refractivity contribution in [3.05, 3.63) is 0 Å². The molecule has 0 nitrogen and oxygen atoms in total. The van der Waals surface area contributed by atoms with Gasteiger partial charge in [-0.2, -0.15) is 0 Å². The molecule has 0 aromatic rings. The van der Waals surface area contributed by atoms with Crippen molar-refractivity contribution < 1.29 is 0 Å². The molecule has 0 saturated heterocycles. The number of hydrogen-bond donors (Lipinski definition) is 0. The van der Waals surface area contributed by atoms with E-state index in [0.29, 0.717) is 0 Å². The Kier molecular flexibility index (Phi) is 0. The van der Waals surface area contributed by atoms with E-state index >= 15 is 0 Å². The van der Waals surface area contributed by atoms with Gasteiger partial charge in [-0.3, -0.25) is 0 Å². The second kappa shape index (κ2) is -0.00640. The summed E-state index contributed by atoms with van der Waals surface area (Å²) in [7, 11) is 0. The van der Waals surface area contributed by atoms with Gasteiger partial charge in [-0.1, -0.05) is 0 Å². The fourth-order valence-corrected chi connectivity index (χ4v) is 0. The average Bonchev–Trinajstić information content (AvgIpc) is 0. The van der Waals surface area contributed by atoms with Crippen LogP contribution in [0.4, 0.5) is 0 Å². The molecule has 0 spiro atoms. The molecule has 0 aliphatic heterocycles. The minimum atomic E-state index is 0. The van der Waals surface area contributed by atoms with E-state index in [1.807, 2.05) is 0 Å². The van der Waals surface area contributed by atoms with Crippen molar-refractivity contribution in [3.8, 4) is 0 Å². The van der Waals surface area contributed by atoms with Crippen LogP contribution in [0.15, 0.2) is 0 Å². The van der Waals surface area contributed by atoms with Crippen LogP contribution in [-0.2, 0) is 0 Å². The van der Waals surface area contributed by atoms with Crippen molar-refractivity contribution in [2.24, 2.45) is 0 Å². The second-order valence-electron chi connectivity index (χ2n) is 0.